The first-order valence-electron chi connectivity index (χ1n) is 8.17. The molecule has 2 unspecified atom stereocenters. The summed E-state index contributed by atoms with van der Waals surface area (Å²) in [5.74, 6) is -1.23. The summed E-state index contributed by atoms with van der Waals surface area (Å²) in [7, 11) is 0. The van der Waals surface area contributed by atoms with Gasteiger partial charge in [0.25, 0.3) is 0 Å². The highest BCUT2D eigenvalue weighted by Gasteiger charge is 2.45. The Balaban J connectivity index is 1.59. The molecular formula is C16H12ClF4N5OS. The van der Waals surface area contributed by atoms with Gasteiger partial charge >= 0.3 is 12.2 Å². The Morgan fingerprint density at radius 2 is 2.11 bits per heavy atom. The van der Waals surface area contributed by atoms with Crippen LogP contribution in [0, 0.1) is 5.82 Å². The van der Waals surface area contributed by atoms with E-state index in [0.717, 1.165) is 6.07 Å². The molecule has 0 aliphatic carbocycles. The maximum Gasteiger partial charge on any atom is 0.417 e. The molecule has 0 spiro atoms. The molecule has 2 amide bonds. The smallest absolute Gasteiger partial charge is 0.330 e. The second-order valence-corrected chi connectivity index (χ2v) is 7.27. The molecule has 3 aliphatic rings. The molecule has 6 nitrogen and oxygen atoms in total. The van der Waals surface area contributed by atoms with Crippen LogP contribution in [0.4, 0.5) is 28.0 Å². The van der Waals surface area contributed by atoms with Crippen LogP contribution in [-0.2, 0) is 6.18 Å². The van der Waals surface area contributed by atoms with E-state index in [1.165, 1.54) is 4.90 Å². The van der Waals surface area contributed by atoms with Crippen molar-refractivity contribution in [3.63, 3.8) is 0 Å². The van der Waals surface area contributed by atoms with E-state index in [1.54, 1.807) is 6.08 Å². The zero-order chi connectivity index (χ0) is 20.2. The van der Waals surface area contributed by atoms with Crippen molar-refractivity contribution in [3.05, 3.63) is 40.3 Å². The second-order valence-electron chi connectivity index (χ2n) is 6.45. The lowest BCUT2D eigenvalue weighted by Crippen LogP contribution is -2.55. The van der Waals surface area contributed by atoms with Crippen LogP contribution in [0.15, 0.2) is 29.0 Å². The van der Waals surface area contributed by atoms with Gasteiger partial charge in [-0.25, -0.2) is 9.18 Å². The Bertz CT molecular complexity index is 948. The number of hydrazone groups is 1. The number of rotatable bonds is 1. The minimum Gasteiger partial charge on any atom is -0.330 e. The Kier molecular flexibility index (Phi) is 4.46. The molecule has 0 aromatic heterocycles. The first-order chi connectivity index (χ1) is 13.1. The number of hydrogen-bond donors (Lipinski definition) is 3. The van der Waals surface area contributed by atoms with E-state index in [0.29, 0.717) is 29.4 Å². The average Bonchev–Trinajstić information content (AvgIpc) is 2.92. The van der Waals surface area contributed by atoms with E-state index in [2.05, 4.69) is 21.2 Å². The number of halogens is 5. The van der Waals surface area contributed by atoms with E-state index < -0.39 is 34.3 Å². The number of carbonyl (C=O) groups is 1. The SMILES string of the molecule is O=C(Nc1cc(Cl)c(C(F)(F)F)cc1F)N1C2C=C3NC(=S)NN=C3C1CC2. The van der Waals surface area contributed by atoms with E-state index >= 15 is 0 Å². The van der Waals surface area contributed by atoms with E-state index in [4.69, 9.17) is 23.8 Å². The second kappa shape index (κ2) is 6.59. The van der Waals surface area contributed by atoms with Gasteiger partial charge in [0.1, 0.15) is 11.5 Å². The van der Waals surface area contributed by atoms with E-state index in [1.807, 2.05) is 0 Å². The Morgan fingerprint density at radius 3 is 2.82 bits per heavy atom. The number of fused-ring (bicyclic) bond motifs is 4. The van der Waals surface area contributed by atoms with Gasteiger partial charge in [0.15, 0.2) is 5.11 Å². The monoisotopic (exact) mass is 433 g/mol. The zero-order valence-corrected chi connectivity index (χ0v) is 15.5. The van der Waals surface area contributed by atoms with Gasteiger partial charge in [-0.05, 0) is 43.3 Å². The molecule has 1 saturated heterocycles. The minimum absolute atomic E-state index is 0.265. The fraction of sp³-hybridized carbons (Fsp3) is 0.312. The van der Waals surface area contributed by atoms with Crippen molar-refractivity contribution >= 4 is 46.4 Å². The molecule has 3 aliphatic heterocycles. The number of nitrogens with one attached hydrogen (secondary N) is 3. The van der Waals surface area contributed by atoms with Crippen molar-refractivity contribution in [2.75, 3.05) is 5.32 Å². The number of nitrogens with zero attached hydrogens (tertiary/aromatic N) is 2. The van der Waals surface area contributed by atoms with Gasteiger partial charge in [0.05, 0.1) is 34.1 Å². The molecule has 28 heavy (non-hydrogen) atoms. The molecule has 2 atom stereocenters. The number of benzene rings is 1. The summed E-state index contributed by atoms with van der Waals surface area (Å²) in [6.07, 6.45) is -1.72. The fourth-order valence-electron chi connectivity index (χ4n) is 3.56. The summed E-state index contributed by atoms with van der Waals surface area (Å²) in [6, 6.07) is -0.291. The Labute approximate surface area is 166 Å². The van der Waals surface area contributed by atoms with Gasteiger partial charge in [0, 0.05) is 0 Å². The summed E-state index contributed by atoms with van der Waals surface area (Å²) in [5.41, 5.74) is 2.20. The van der Waals surface area contributed by atoms with Crippen molar-refractivity contribution in [2.45, 2.75) is 31.1 Å². The van der Waals surface area contributed by atoms with Gasteiger partial charge < -0.3 is 15.5 Å². The zero-order valence-electron chi connectivity index (χ0n) is 13.9. The topological polar surface area (TPSA) is 68.8 Å². The average molecular weight is 434 g/mol. The molecule has 1 aromatic rings. The third-order valence-electron chi connectivity index (χ3n) is 4.74. The summed E-state index contributed by atoms with van der Waals surface area (Å²) in [6.45, 7) is 0. The van der Waals surface area contributed by atoms with Crippen LogP contribution in [0.2, 0.25) is 5.02 Å². The molecule has 148 valence electrons. The highest BCUT2D eigenvalue weighted by Crippen LogP contribution is 2.38. The highest BCUT2D eigenvalue weighted by molar-refractivity contribution is 7.80. The van der Waals surface area contributed by atoms with Crippen molar-refractivity contribution in [1.82, 2.24) is 15.6 Å². The van der Waals surface area contributed by atoms with Crippen LogP contribution in [0.3, 0.4) is 0 Å². The predicted octanol–water partition coefficient (Wildman–Crippen LogP) is 3.59. The maximum atomic E-state index is 14.1. The van der Waals surface area contributed by atoms with E-state index in [9.17, 15) is 22.4 Å². The summed E-state index contributed by atoms with van der Waals surface area (Å²) in [4.78, 5) is 14.2. The molecule has 12 heteroatoms. The maximum absolute atomic E-state index is 14.1. The quantitative estimate of drug-likeness (QED) is 0.467. The highest BCUT2D eigenvalue weighted by atomic mass is 35.5. The molecule has 3 heterocycles. The van der Waals surface area contributed by atoms with Gasteiger partial charge in [-0.2, -0.15) is 18.3 Å². The molecule has 3 N–H and O–H groups in total. The molecule has 2 bridgehead atoms. The molecule has 0 radical (unpaired) electrons. The normalized spacial score (nSPS) is 23.3. The number of carbonyl (C=O) groups excluding carboxylic acids is 1. The number of urea groups is 1. The van der Waals surface area contributed by atoms with Crippen LogP contribution in [-0.4, -0.2) is 33.8 Å². The number of thiocarbonyl (C=S) groups is 1. The Hall–Kier alpha value is -2.40. The molecule has 0 saturated carbocycles. The largest absolute Gasteiger partial charge is 0.417 e. The van der Waals surface area contributed by atoms with Crippen molar-refractivity contribution in [2.24, 2.45) is 5.10 Å². The van der Waals surface area contributed by atoms with Crippen LogP contribution in [0.5, 0.6) is 0 Å². The Morgan fingerprint density at radius 1 is 1.36 bits per heavy atom. The lowest BCUT2D eigenvalue weighted by molar-refractivity contribution is -0.137. The first-order valence-corrected chi connectivity index (χ1v) is 8.96. The minimum atomic E-state index is -4.80. The first kappa shape index (κ1) is 18.9. The number of amides is 2. The lowest BCUT2D eigenvalue weighted by Gasteiger charge is -2.36. The van der Waals surface area contributed by atoms with Gasteiger partial charge in [-0.1, -0.05) is 11.6 Å². The molecule has 1 aromatic carbocycles. The van der Waals surface area contributed by atoms with Gasteiger partial charge in [-0.3, -0.25) is 5.43 Å². The summed E-state index contributed by atoms with van der Waals surface area (Å²) in [5, 5.41) is 9.10. The van der Waals surface area contributed by atoms with Crippen LogP contribution in [0.25, 0.3) is 0 Å². The molecule has 4 rings (SSSR count). The van der Waals surface area contributed by atoms with Crippen molar-refractivity contribution < 1.29 is 22.4 Å². The number of hydrogen-bond acceptors (Lipinski definition) is 3. The molecule has 1 fully saturated rings. The third-order valence-corrected chi connectivity index (χ3v) is 5.25. The van der Waals surface area contributed by atoms with Crippen molar-refractivity contribution in [1.29, 1.82) is 0 Å². The molecular weight excluding hydrogens is 422 g/mol. The predicted molar refractivity (Wildman–Crippen MR) is 98.5 cm³/mol. The summed E-state index contributed by atoms with van der Waals surface area (Å²) >= 11 is 10.6. The van der Waals surface area contributed by atoms with Crippen LogP contribution >= 0.6 is 23.8 Å². The fourth-order valence-corrected chi connectivity index (χ4v) is 3.99. The van der Waals surface area contributed by atoms with E-state index in [-0.39, 0.29) is 18.2 Å². The lowest BCUT2D eigenvalue weighted by atomic mass is 10.0. The summed E-state index contributed by atoms with van der Waals surface area (Å²) < 4.78 is 52.6. The third kappa shape index (κ3) is 3.18. The van der Waals surface area contributed by atoms with Crippen LogP contribution in [0.1, 0.15) is 18.4 Å². The van der Waals surface area contributed by atoms with Crippen LogP contribution < -0.4 is 16.1 Å². The van der Waals surface area contributed by atoms with Crippen molar-refractivity contribution in [3.8, 4) is 0 Å². The van der Waals surface area contributed by atoms with Gasteiger partial charge in [-0.15, -0.1) is 0 Å². The standard InChI is InChI=1S/C16H12ClF4N5OS/c17-8-5-10(9(18)4-7(8)16(19,20)21)23-15(27)26-6-1-2-12(26)13-11(3-6)22-14(28)25-24-13/h3-6,12H,1-2H2,(H,23,27)(H2,22,25,28). The number of anilines is 1. The van der Waals surface area contributed by atoms with Gasteiger partial charge in [0.2, 0.25) is 0 Å². The number of alkyl halides is 3.